The molecule has 2 aromatic carbocycles. The van der Waals surface area contributed by atoms with Crippen LogP contribution in [-0.4, -0.2) is 13.5 Å². The van der Waals surface area contributed by atoms with Crippen LogP contribution < -0.4 is 14.8 Å². The molecule has 0 fully saturated rings. The first-order chi connectivity index (χ1) is 8.85. The molecule has 2 rings (SSSR count). The lowest BCUT2D eigenvalue weighted by Gasteiger charge is -2.12. The Morgan fingerprint density at radius 3 is 2.22 bits per heavy atom. The molecule has 0 heterocycles. The van der Waals surface area contributed by atoms with E-state index < -0.39 is 0 Å². The second-order valence-corrected chi connectivity index (χ2v) is 3.51. The summed E-state index contributed by atoms with van der Waals surface area (Å²) in [5, 5.41) is 2.59. The van der Waals surface area contributed by atoms with E-state index in [2.05, 4.69) is 5.32 Å². The summed E-state index contributed by atoms with van der Waals surface area (Å²) < 4.78 is 10.9. The molecule has 0 aromatic heterocycles. The molecular formula is C14H13NO3. The van der Waals surface area contributed by atoms with Crippen molar-refractivity contribution in [3.05, 3.63) is 48.5 Å². The zero-order chi connectivity index (χ0) is 12.8. The van der Waals surface area contributed by atoms with Crippen LogP contribution in [0.2, 0.25) is 0 Å². The molecule has 0 aliphatic heterocycles. The summed E-state index contributed by atoms with van der Waals surface area (Å²) in [4.78, 5) is 10.5. The Morgan fingerprint density at radius 2 is 1.56 bits per heavy atom. The number of methoxy groups -OCH3 is 1. The predicted octanol–water partition coefficient (Wildman–Crippen LogP) is 3.06. The Bertz CT molecular complexity index is 540. The first-order valence-electron chi connectivity index (χ1n) is 5.45. The highest BCUT2D eigenvalue weighted by Gasteiger charge is 2.07. The first-order valence-corrected chi connectivity index (χ1v) is 5.45. The van der Waals surface area contributed by atoms with Crippen LogP contribution in [0.25, 0.3) is 0 Å². The van der Waals surface area contributed by atoms with Gasteiger partial charge in [0.15, 0.2) is 17.2 Å². The highest BCUT2D eigenvalue weighted by molar-refractivity contribution is 5.75. The van der Waals surface area contributed by atoms with Crippen LogP contribution >= 0.6 is 0 Å². The molecule has 4 nitrogen and oxygen atoms in total. The maximum Gasteiger partial charge on any atom is 0.211 e. The molecular weight excluding hydrogens is 230 g/mol. The van der Waals surface area contributed by atoms with Crippen LogP contribution in [0.5, 0.6) is 17.2 Å². The third-order valence-electron chi connectivity index (χ3n) is 2.39. The number of amides is 1. The maximum absolute atomic E-state index is 10.5. The van der Waals surface area contributed by atoms with E-state index in [4.69, 9.17) is 9.47 Å². The Morgan fingerprint density at radius 1 is 0.944 bits per heavy atom. The van der Waals surface area contributed by atoms with Crippen molar-refractivity contribution >= 4 is 12.1 Å². The molecule has 0 aliphatic carbocycles. The van der Waals surface area contributed by atoms with E-state index in [1.165, 1.54) is 0 Å². The average molecular weight is 243 g/mol. The van der Waals surface area contributed by atoms with Gasteiger partial charge in [-0.1, -0.05) is 24.3 Å². The fraction of sp³-hybridized carbons (Fsp3) is 0.0714. The van der Waals surface area contributed by atoms with E-state index in [-0.39, 0.29) is 0 Å². The Hall–Kier alpha value is -2.49. The smallest absolute Gasteiger partial charge is 0.211 e. The molecule has 0 atom stereocenters. The number of carbonyl (C=O) groups excluding carboxylic acids is 1. The molecule has 0 bridgehead atoms. The normalized spacial score (nSPS) is 9.61. The van der Waals surface area contributed by atoms with E-state index in [1.54, 1.807) is 25.3 Å². The molecule has 18 heavy (non-hydrogen) atoms. The van der Waals surface area contributed by atoms with Crippen LogP contribution in [0.3, 0.4) is 0 Å². The number of anilines is 1. The number of nitrogens with one attached hydrogen (secondary N) is 1. The summed E-state index contributed by atoms with van der Waals surface area (Å²) in [6, 6.07) is 14.5. The van der Waals surface area contributed by atoms with Gasteiger partial charge in [0.05, 0.1) is 12.8 Å². The van der Waals surface area contributed by atoms with E-state index in [0.717, 1.165) is 0 Å². The standard InChI is InChI=1S/C14H13NO3/c1-17-13-8-4-5-9-14(13)18-12-7-3-2-6-11(12)15-10-16/h2-10H,1H3,(H,15,16). The van der Waals surface area contributed by atoms with Gasteiger partial charge >= 0.3 is 0 Å². The van der Waals surface area contributed by atoms with Crippen LogP contribution in [0.15, 0.2) is 48.5 Å². The monoisotopic (exact) mass is 243 g/mol. The molecule has 0 spiro atoms. The molecule has 4 heteroatoms. The molecule has 0 aliphatic rings. The molecule has 0 saturated carbocycles. The minimum absolute atomic E-state index is 0.564. The molecule has 0 radical (unpaired) electrons. The van der Waals surface area contributed by atoms with Crippen molar-refractivity contribution in [2.24, 2.45) is 0 Å². The van der Waals surface area contributed by atoms with Crippen LogP contribution in [0.1, 0.15) is 0 Å². The minimum atomic E-state index is 0.564. The Labute approximate surface area is 105 Å². The number of para-hydroxylation sites is 4. The van der Waals surface area contributed by atoms with E-state index in [9.17, 15) is 4.79 Å². The van der Waals surface area contributed by atoms with Gasteiger partial charge < -0.3 is 14.8 Å². The minimum Gasteiger partial charge on any atom is -0.493 e. The fourth-order valence-corrected chi connectivity index (χ4v) is 1.56. The molecule has 0 unspecified atom stereocenters. The lowest BCUT2D eigenvalue weighted by atomic mass is 10.3. The fourth-order valence-electron chi connectivity index (χ4n) is 1.56. The van der Waals surface area contributed by atoms with Gasteiger partial charge in [0, 0.05) is 0 Å². The second-order valence-electron chi connectivity index (χ2n) is 3.51. The van der Waals surface area contributed by atoms with Crippen molar-refractivity contribution in [3.8, 4) is 17.2 Å². The second kappa shape index (κ2) is 5.72. The van der Waals surface area contributed by atoms with Crippen LogP contribution in [0, 0.1) is 0 Å². The summed E-state index contributed by atoms with van der Waals surface area (Å²) in [5.41, 5.74) is 0.610. The van der Waals surface area contributed by atoms with Crippen molar-refractivity contribution in [2.45, 2.75) is 0 Å². The van der Waals surface area contributed by atoms with Crippen LogP contribution in [0.4, 0.5) is 5.69 Å². The summed E-state index contributed by atoms with van der Waals surface area (Å²) in [6.45, 7) is 0. The van der Waals surface area contributed by atoms with Gasteiger partial charge in [-0.05, 0) is 24.3 Å². The summed E-state index contributed by atoms with van der Waals surface area (Å²) in [5.74, 6) is 1.80. The quantitative estimate of drug-likeness (QED) is 0.821. The third-order valence-corrected chi connectivity index (χ3v) is 2.39. The van der Waals surface area contributed by atoms with Crippen molar-refractivity contribution in [1.82, 2.24) is 0 Å². The first kappa shape index (κ1) is 12.0. The zero-order valence-corrected chi connectivity index (χ0v) is 9.92. The number of hydrogen-bond donors (Lipinski definition) is 1. The Kier molecular flexibility index (Phi) is 3.81. The number of hydrogen-bond acceptors (Lipinski definition) is 3. The van der Waals surface area contributed by atoms with Crippen molar-refractivity contribution < 1.29 is 14.3 Å². The lowest BCUT2D eigenvalue weighted by Crippen LogP contribution is -1.97. The molecule has 92 valence electrons. The highest BCUT2D eigenvalue weighted by atomic mass is 16.5. The summed E-state index contributed by atoms with van der Waals surface area (Å²) in [6.07, 6.45) is 0.615. The number of benzene rings is 2. The van der Waals surface area contributed by atoms with E-state index >= 15 is 0 Å². The molecule has 0 saturated heterocycles. The zero-order valence-electron chi connectivity index (χ0n) is 9.92. The van der Waals surface area contributed by atoms with Crippen molar-refractivity contribution in [3.63, 3.8) is 0 Å². The lowest BCUT2D eigenvalue weighted by molar-refractivity contribution is -0.105. The Balaban J connectivity index is 2.30. The van der Waals surface area contributed by atoms with Gasteiger partial charge in [-0.25, -0.2) is 0 Å². The van der Waals surface area contributed by atoms with Gasteiger partial charge in [-0.3, -0.25) is 4.79 Å². The van der Waals surface area contributed by atoms with E-state index in [0.29, 0.717) is 29.3 Å². The molecule has 2 aromatic rings. The van der Waals surface area contributed by atoms with Gasteiger partial charge in [0.1, 0.15) is 0 Å². The van der Waals surface area contributed by atoms with Gasteiger partial charge in [0.25, 0.3) is 0 Å². The number of rotatable bonds is 5. The summed E-state index contributed by atoms with van der Waals surface area (Å²) >= 11 is 0. The SMILES string of the molecule is COc1ccccc1Oc1ccccc1NC=O. The van der Waals surface area contributed by atoms with Crippen molar-refractivity contribution in [1.29, 1.82) is 0 Å². The topological polar surface area (TPSA) is 47.6 Å². The average Bonchev–Trinajstić information content (AvgIpc) is 2.42. The number of carbonyl (C=O) groups is 1. The molecule has 1 N–H and O–H groups in total. The van der Waals surface area contributed by atoms with Gasteiger partial charge in [-0.15, -0.1) is 0 Å². The number of ether oxygens (including phenoxy) is 2. The molecule has 1 amide bonds. The highest BCUT2D eigenvalue weighted by Crippen LogP contribution is 2.34. The van der Waals surface area contributed by atoms with Crippen molar-refractivity contribution in [2.75, 3.05) is 12.4 Å². The van der Waals surface area contributed by atoms with Gasteiger partial charge in [0.2, 0.25) is 6.41 Å². The largest absolute Gasteiger partial charge is 0.493 e. The third kappa shape index (κ3) is 2.60. The predicted molar refractivity (Wildman–Crippen MR) is 69.2 cm³/mol. The van der Waals surface area contributed by atoms with Crippen LogP contribution in [-0.2, 0) is 4.79 Å². The maximum atomic E-state index is 10.5. The summed E-state index contributed by atoms with van der Waals surface area (Å²) in [7, 11) is 1.58. The van der Waals surface area contributed by atoms with E-state index in [1.807, 2.05) is 30.3 Å². The van der Waals surface area contributed by atoms with Gasteiger partial charge in [-0.2, -0.15) is 0 Å².